The molecule has 0 unspecified atom stereocenters. The largest absolute Gasteiger partial charge is 0.311 e. The lowest BCUT2D eigenvalue weighted by Gasteiger charge is -2.17. The first kappa shape index (κ1) is 12.1. The van der Waals surface area contributed by atoms with Crippen LogP contribution in [-0.4, -0.2) is 16.5 Å². The monoisotopic (exact) mass is 207 g/mol. The zero-order valence-corrected chi connectivity index (χ0v) is 10.2. The molecule has 1 N–H and O–H groups in total. The molecule has 1 heterocycles. The Kier molecular flexibility index (Phi) is 4.21. The molecule has 0 radical (unpaired) electrons. The van der Waals surface area contributed by atoms with Gasteiger partial charge in [-0.25, -0.2) is 0 Å². The van der Waals surface area contributed by atoms with Crippen LogP contribution >= 0.6 is 0 Å². The second-order valence-electron chi connectivity index (χ2n) is 5.14. The van der Waals surface area contributed by atoms with E-state index in [1.54, 1.807) is 6.20 Å². The van der Waals surface area contributed by atoms with Crippen LogP contribution in [0.25, 0.3) is 0 Å². The van der Waals surface area contributed by atoms with Crippen LogP contribution in [0.1, 0.15) is 38.6 Å². The molecule has 0 aliphatic rings. The van der Waals surface area contributed by atoms with E-state index in [0.717, 1.165) is 24.5 Å². The average Bonchev–Trinajstić information content (AvgIpc) is 2.14. The van der Waals surface area contributed by atoms with Crippen molar-refractivity contribution in [2.24, 2.45) is 5.41 Å². The average molecular weight is 207 g/mol. The van der Waals surface area contributed by atoms with Crippen molar-refractivity contribution in [1.82, 2.24) is 15.3 Å². The fourth-order valence-electron chi connectivity index (χ4n) is 1.19. The third kappa shape index (κ3) is 5.47. The molecule has 3 heteroatoms. The van der Waals surface area contributed by atoms with Gasteiger partial charge in [0.15, 0.2) is 0 Å². The van der Waals surface area contributed by atoms with Crippen molar-refractivity contribution < 1.29 is 0 Å². The number of hydrogen-bond donors (Lipinski definition) is 1. The Morgan fingerprint density at radius 1 is 1.20 bits per heavy atom. The molecule has 0 aromatic carbocycles. The highest BCUT2D eigenvalue weighted by Gasteiger charge is 2.08. The summed E-state index contributed by atoms with van der Waals surface area (Å²) in [6.07, 6.45) is 4.81. The zero-order valence-electron chi connectivity index (χ0n) is 10.2. The first-order chi connectivity index (χ1) is 6.97. The second kappa shape index (κ2) is 5.21. The van der Waals surface area contributed by atoms with Crippen LogP contribution in [0.15, 0.2) is 12.4 Å². The summed E-state index contributed by atoms with van der Waals surface area (Å²) in [5.74, 6) is 0. The second-order valence-corrected chi connectivity index (χ2v) is 5.14. The molecule has 1 aromatic heterocycles. The summed E-state index contributed by atoms with van der Waals surface area (Å²) in [5.41, 5.74) is 2.37. The number of nitrogens with one attached hydrogen (secondary N) is 1. The smallest absolute Gasteiger partial charge is 0.0724 e. The molecular weight excluding hydrogens is 186 g/mol. The Balaban J connectivity index is 2.23. The Bertz CT molecular complexity index is 285. The van der Waals surface area contributed by atoms with Crippen molar-refractivity contribution in [2.75, 3.05) is 6.54 Å². The number of hydrogen-bond acceptors (Lipinski definition) is 3. The number of aryl methyl sites for hydroxylation is 1. The van der Waals surface area contributed by atoms with Gasteiger partial charge in [-0.2, -0.15) is 0 Å². The minimum absolute atomic E-state index is 0.395. The topological polar surface area (TPSA) is 37.8 Å². The van der Waals surface area contributed by atoms with Crippen molar-refractivity contribution in [3.05, 3.63) is 23.8 Å². The predicted octanol–water partition coefficient (Wildman–Crippen LogP) is 2.31. The summed E-state index contributed by atoms with van der Waals surface area (Å²) in [5, 5.41) is 3.38. The molecule has 0 fully saturated rings. The van der Waals surface area contributed by atoms with Gasteiger partial charge in [0, 0.05) is 18.9 Å². The lowest BCUT2D eigenvalue weighted by atomic mass is 9.92. The molecule has 1 rings (SSSR count). The SMILES string of the molecule is Cc1cnc(CNCCC(C)(C)C)cn1. The van der Waals surface area contributed by atoms with Crippen LogP contribution in [0.4, 0.5) is 0 Å². The standard InChI is InChI=1S/C12H21N3/c1-10-7-15-11(9-14-10)8-13-6-5-12(2,3)4/h7,9,13H,5-6,8H2,1-4H3. The Labute approximate surface area is 92.3 Å². The predicted molar refractivity (Wildman–Crippen MR) is 62.5 cm³/mol. The van der Waals surface area contributed by atoms with Gasteiger partial charge >= 0.3 is 0 Å². The van der Waals surface area contributed by atoms with Gasteiger partial charge in [-0.1, -0.05) is 20.8 Å². The van der Waals surface area contributed by atoms with E-state index in [1.807, 2.05) is 13.1 Å². The van der Waals surface area contributed by atoms with E-state index in [-0.39, 0.29) is 0 Å². The molecule has 0 aliphatic heterocycles. The van der Waals surface area contributed by atoms with Crippen LogP contribution in [0.3, 0.4) is 0 Å². The summed E-state index contributed by atoms with van der Waals surface area (Å²) in [4.78, 5) is 8.49. The van der Waals surface area contributed by atoms with Gasteiger partial charge in [-0.05, 0) is 25.3 Å². The highest BCUT2D eigenvalue weighted by molar-refractivity contribution is 5.00. The lowest BCUT2D eigenvalue weighted by Crippen LogP contribution is -2.20. The van der Waals surface area contributed by atoms with Crippen molar-refractivity contribution in [2.45, 2.75) is 40.7 Å². The van der Waals surface area contributed by atoms with Crippen molar-refractivity contribution in [1.29, 1.82) is 0 Å². The molecule has 15 heavy (non-hydrogen) atoms. The summed E-state index contributed by atoms with van der Waals surface area (Å²) in [6, 6.07) is 0. The van der Waals surface area contributed by atoms with E-state index >= 15 is 0 Å². The van der Waals surface area contributed by atoms with Gasteiger partial charge in [0.05, 0.1) is 11.4 Å². The van der Waals surface area contributed by atoms with Crippen molar-refractivity contribution >= 4 is 0 Å². The number of nitrogens with zero attached hydrogens (tertiary/aromatic N) is 2. The third-order valence-corrected chi connectivity index (χ3v) is 2.19. The first-order valence-corrected chi connectivity index (χ1v) is 5.46. The number of aromatic nitrogens is 2. The number of rotatable bonds is 4. The maximum absolute atomic E-state index is 4.29. The molecule has 0 atom stereocenters. The minimum Gasteiger partial charge on any atom is -0.311 e. The summed E-state index contributed by atoms with van der Waals surface area (Å²) in [6.45, 7) is 10.5. The molecule has 3 nitrogen and oxygen atoms in total. The Morgan fingerprint density at radius 2 is 1.93 bits per heavy atom. The summed E-state index contributed by atoms with van der Waals surface area (Å²) < 4.78 is 0. The van der Waals surface area contributed by atoms with Crippen LogP contribution in [-0.2, 0) is 6.54 Å². The van der Waals surface area contributed by atoms with E-state index < -0.39 is 0 Å². The fraction of sp³-hybridized carbons (Fsp3) is 0.667. The third-order valence-electron chi connectivity index (χ3n) is 2.19. The van der Waals surface area contributed by atoms with Gasteiger partial charge in [-0.15, -0.1) is 0 Å². The van der Waals surface area contributed by atoms with Gasteiger partial charge in [0.2, 0.25) is 0 Å². The Hall–Kier alpha value is -0.960. The highest BCUT2D eigenvalue weighted by Crippen LogP contribution is 2.16. The van der Waals surface area contributed by atoms with Gasteiger partial charge in [-0.3, -0.25) is 9.97 Å². The molecule has 0 aliphatic carbocycles. The van der Waals surface area contributed by atoms with Gasteiger partial charge in [0.1, 0.15) is 0 Å². The molecule has 0 saturated heterocycles. The molecule has 84 valence electrons. The molecule has 1 aromatic rings. The zero-order chi connectivity index (χ0) is 11.3. The van der Waals surface area contributed by atoms with E-state index in [9.17, 15) is 0 Å². The normalized spacial score (nSPS) is 11.7. The minimum atomic E-state index is 0.395. The molecule has 0 bridgehead atoms. The first-order valence-electron chi connectivity index (χ1n) is 5.46. The molecular formula is C12H21N3. The van der Waals surface area contributed by atoms with E-state index in [0.29, 0.717) is 5.41 Å². The molecule has 0 spiro atoms. The van der Waals surface area contributed by atoms with E-state index in [1.165, 1.54) is 6.42 Å². The summed E-state index contributed by atoms with van der Waals surface area (Å²) in [7, 11) is 0. The van der Waals surface area contributed by atoms with Crippen LogP contribution in [0.2, 0.25) is 0 Å². The summed E-state index contributed by atoms with van der Waals surface area (Å²) >= 11 is 0. The van der Waals surface area contributed by atoms with Crippen LogP contribution in [0.5, 0.6) is 0 Å². The van der Waals surface area contributed by atoms with Crippen molar-refractivity contribution in [3.63, 3.8) is 0 Å². The van der Waals surface area contributed by atoms with E-state index in [2.05, 4.69) is 36.1 Å². The maximum Gasteiger partial charge on any atom is 0.0724 e. The van der Waals surface area contributed by atoms with Gasteiger partial charge in [0.25, 0.3) is 0 Å². The van der Waals surface area contributed by atoms with Crippen LogP contribution < -0.4 is 5.32 Å². The van der Waals surface area contributed by atoms with Crippen molar-refractivity contribution in [3.8, 4) is 0 Å². The highest BCUT2D eigenvalue weighted by atomic mass is 14.9. The van der Waals surface area contributed by atoms with Gasteiger partial charge < -0.3 is 5.32 Å². The quantitative estimate of drug-likeness (QED) is 0.770. The molecule has 0 saturated carbocycles. The maximum atomic E-state index is 4.29. The lowest BCUT2D eigenvalue weighted by molar-refractivity contribution is 0.366. The fourth-order valence-corrected chi connectivity index (χ4v) is 1.19. The van der Waals surface area contributed by atoms with Crippen LogP contribution in [0, 0.1) is 12.3 Å². The van der Waals surface area contributed by atoms with E-state index in [4.69, 9.17) is 0 Å². The Morgan fingerprint density at radius 3 is 2.47 bits per heavy atom. The molecule has 0 amide bonds.